The molecule has 80 valence electrons. The zero-order chi connectivity index (χ0) is 10.7. The van der Waals surface area contributed by atoms with Crippen LogP contribution in [0.4, 0.5) is 0 Å². The lowest BCUT2D eigenvalue weighted by molar-refractivity contribution is 0.487. The van der Waals surface area contributed by atoms with E-state index in [1.54, 1.807) is 11.3 Å². The normalized spacial score (nSPS) is 18.9. The second-order valence-corrected chi connectivity index (χ2v) is 5.06. The maximum atomic E-state index is 9.10. The van der Waals surface area contributed by atoms with Crippen molar-refractivity contribution in [2.24, 2.45) is 0 Å². The minimum atomic E-state index is -0.224. The van der Waals surface area contributed by atoms with Gasteiger partial charge in [0.1, 0.15) is 6.04 Å². The van der Waals surface area contributed by atoms with Crippen LogP contribution >= 0.6 is 11.3 Å². The van der Waals surface area contributed by atoms with E-state index in [1.165, 1.54) is 25.7 Å². The van der Waals surface area contributed by atoms with E-state index < -0.39 is 0 Å². The summed E-state index contributed by atoms with van der Waals surface area (Å²) in [4.78, 5) is 4.36. The molecule has 1 atom stereocenters. The van der Waals surface area contributed by atoms with Crippen molar-refractivity contribution in [3.8, 4) is 6.07 Å². The standard InChI is InChI=1S/C11H15N3S/c1-8-13-11(7-15-8)10(6-12)14-9-4-2-3-5-9/h7,9-10,14H,2-5H2,1H3. The van der Waals surface area contributed by atoms with Crippen molar-refractivity contribution in [2.45, 2.75) is 44.7 Å². The lowest BCUT2D eigenvalue weighted by atomic mass is 10.2. The molecule has 0 radical (unpaired) electrons. The van der Waals surface area contributed by atoms with Crippen LogP contribution in [0.5, 0.6) is 0 Å². The van der Waals surface area contributed by atoms with Crippen LogP contribution in [-0.4, -0.2) is 11.0 Å². The average molecular weight is 221 g/mol. The molecule has 1 saturated carbocycles. The van der Waals surface area contributed by atoms with Gasteiger partial charge in [-0.05, 0) is 19.8 Å². The van der Waals surface area contributed by atoms with Crippen LogP contribution in [0.15, 0.2) is 5.38 Å². The molecular weight excluding hydrogens is 206 g/mol. The van der Waals surface area contributed by atoms with E-state index in [-0.39, 0.29) is 6.04 Å². The Labute approximate surface area is 94.1 Å². The van der Waals surface area contributed by atoms with Crippen molar-refractivity contribution in [3.05, 3.63) is 16.1 Å². The van der Waals surface area contributed by atoms with Crippen LogP contribution in [0.2, 0.25) is 0 Å². The summed E-state index contributed by atoms with van der Waals surface area (Å²) < 4.78 is 0. The monoisotopic (exact) mass is 221 g/mol. The third-order valence-corrected chi connectivity index (χ3v) is 3.61. The van der Waals surface area contributed by atoms with Crippen molar-refractivity contribution in [1.82, 2.24) is 10.3 Å². The van der Waals surface area contributed by atoms with Crippen molar-refractivity contribution >= 4 is 11.3 Å². The molecule has 1 unspecified atom stereocenters. The minimum Gasteiger partial charge on any atom is -0.294 e. The lowest BCUT2D eigenvalue weighted by Gasteiger charge is -2.15. The third kappa shape index (κ3) is 2.55. The first-order valence-electron chi connectivity index (χ1n) is 5.37. The largest absolute Gasteiger partial charge is 0.294 e. The van der Waals surface area contributed by atoms with E-state index in [9.17, 15) is 0 Å². The molecule has 0 bridgehead atoms. The van der Waals surface area contributed by atoms with Gasteiger partial charge in [0.15, 0.2) is 0 Å². The maximum absolute atomic E-state index is 9.10. The number of aryl methyl sites for hydroxylation is 1. The highest BCUT2D eigenvalue weighted by molar-refractivity contribution is 7.09. The van der Waals surface area contributed by atoms with Gasteiger partial charge >= 0.3 is 0 Å². The molecule has 0 spiro atoms. The second-order valence-electron chi connectivity index (χ2n) is 4.00. The third-order valence-electron chi connectivity index (χ3n) is 2.82. The summed E-state index contributed by atoms with van der Waals surface area (Å²) in [6.45, 7) is 1.97. The summed E-state index contributed by atoms with van der Waals surface area (Å²) >= 11 is 1.60. The van der Waals surface area contributed by atoms with Gasteiger partial charge in [0, 0.05) is 11.4 Å². The number of nitrogens with zero attached hydrogens (tertiary/aromatic N) is 2. The van der Waals surface area contributed by atoms with Gasteiger partial charge < -0.3 is 0 Å². The number of rotatable bonds is 3. The Kier molecular flexibility index (Phi) is 3.34. The fraction of sp³-hybridized carbons (Fsp3) is 0.636. The van der Waals surface area contributed by atoms with Crippen molar-refractivity contribution in [3.63, 3.8) is 0 Å². The van der Waals surface area contributed by atoms with E-state index in [2.05, 4.69) is 16.4 Å². The smallest absolute Gasteiger partial charge is 0.139 e. The summed E-state index contributed by atoms with van der Waals surface area (Å²) in [5.41, 5.74) is 0.881. The molecule has 1 N–H and O–H groups in total. The Bertz CT molecular complexity index is 360. The summed E-state index contributed by atoms with van der Waals surface area (Å²) in [5, 5.41) is 15.5. The number of thiazole rings is 1. The Morgan fingerprint density at radius 2 is 2.33 bits per heavy atom. The highest BCUT2D eigenvalue weighted by atomic mass is 32.1. The van der Waals surface area contributed by atoms with E-state index in [4.69, 9.17) is 5.26 Å². The number of hydrogen-bond acceptors (Lipinski definition) is 4. The highest BCUT2D eigenvalue weighted by Crippen LogP contribution is 2.22. The Balaban J connectivity index is 2.01. The van der Waals surface area contributed by atoms with Crippen molar-refractivity contribution < 1.29 is 0 Å². The van der Waals surface area contributed by atoms with E-state index in [0.717, 1.165) is 10.7 Å². The molecule has 3 nitrogen and oxygen atoms in total. The van der Waals surface area contributed by atoms with E-state index in [0.29, 0.717) is 6.04 Å². The second kappa shape index (κ2) is 4.73. The summed E-state index contributed by atoms with van der Waals surface area (Å²) in [7, 11) is 0. The quantitative estimate of drug-likeness (QED) is 0.853. The molecule has 0 saturated heterocycles. The van der Waals surface area contributed by atoms with Gasteiger partial charge in [-0.1, -0.05) is 12.8 Å². The molecule has 1 aromatic heterocycles. The SMILES string of the molecule is Cc1nc(C(C#N)NC2CCCC2)cs1. The molecule has 0 aliphatic heterocycles. The Morgan fingerprint density at radius 3 is 2.87 bits per heavy atom. The Morgan fingerprint density at radius 1 is 1.60 bits per heavy atom. The summed E-state index contributed by atoms with van der Waals surface area (Å²) in [5.74, 6) is 0. The molecule has 0 aromatic carbocycles. The van der Waals surface area contributed by atoms with E-state index in [1.807, 2.05) is 12.3 Å². The predicted octanol–water partition coefficient (Wildman–Crippen LogP) is 2.55. The minimum absolute atomic E-state index is 0.224. The first kappa shape index (κ1) is 10.6. The predicted molar refractivity (Wildman–Crippen MR) is 60.6 cm³/mol. The van der Waals surface area contributed by atoms with Crippen LogP contribution in [0.3, 0.4) is 0 Å². The molecule has 1 fully saturated rings. The molecule has 2 rings (SSSR count). The first-order valence-corrected chi connectivity index (χ1v) is 6.25. The lowest BCUT2D eigenvalue weighted by Crippen LogP contribution is -2.30. The highest BCUT2D eigenvalue weighted by Gasteiger charge is 2.21. The first-order chi connectivity index (χ1) is 7.29. The molecule has 1 aromatic rings. The Hall–Kier alpha value is -0.920. The van der Waals surface area contributed by atoms with Crippen LogP contribution in [0, 0.1) is 18.3 Å². The maximum Gasteiger partial charge on any atom is 0.139 e. The molecule has 1 heterocycles. The molecular formula is C11H15N3S. The number of nitriles is 1. The van der Waals surface area contributed by atoms with Crippen molar-refractivity contribution in [1.29, 1.82) is 5.26 Å². The molecule has 15 heavy (non-hydrogen) atoms. The number of aromatic nitrogens is 1. The van der Waals surface area contributed by atoms with Crippen LogP contribution < -0.4 is 5.32 Å². The van der Waals surface area contributed by atoms with Gasteiger partial charge in [-0.15, -0.1) is 11.3 Å². The molecule has 1 aliphatic rings. The van der Waals surface area contributed by atoms with Gasteiger partial charge in [-0.2, -0.15) is 5.26 Å². The molecule has 4 heteroatoms. The van der Waals surface area contributed by atoms with Crippen LogP contribution in [0.1, 0.15) is 42.4 Å². The zero-order valence-corrected chi connectivity index (χ0v) is 9.68. The van der Waals surface area contributed by atoms with Gasteiger partial charge in [0.05, 0.1) is 16.8 Å². The summed E-state index contributed by atoms with van der Waals surface area (Å²) in [6, 6.07) is 2.58. The van der Waals surface area contributed by atoms with Gasteiger partial charge in [0.2, 0.25) is 0 Å². The topological polar surface area (TPSA) is 48.7 Å². The average Bonchev–Trinajstić information content (AvgIpc) is 2.85. The fourth-order valence-electron chi connectivity index (χ4n) is 2.03. The molecule has 0 amide bonds. The molecule has 1 aliphatic carbocycles. The van der Waals surface area contributed by atoms with Crippen LogP contribution in [-0.2, 0) is 0 Å². The van der Waals surface area contributed by atoms with Gasteiger partial charge in [-0.25, -0.2) is 4.98 Å². The summed E-state index contributed by atoms with van der Waals surface area (Å²) in [6.07, 6.45) is 4.96. The van der Waals surface area contributed by atoms with Gasteiger partial charge in [-0.3, -0.25) is 5.32 Å². The number of hydrogen-bond donors (Lipinski definition) is 1. The number of nitrogens with one attached hydrogen (secondary N) is 1. The van der Waals surface area contributed by atoms with Crippen LogP contribution in [0.25, 0.3) is 0 Å². The zero-order valence-electron chi connectivity index (χ0n) is 8.86. The fourth-order valence-corrected chi connectivity index (χ4v) is 2.67. The van der Waals surface area contributed by atoms with Crippen molar-refractivity contribution in [2.75, 3.05) is 0 Å². The van der Waals surface area contributed by atoms with Gasteiger partial charge in [0.25, 0.3) is 0 Å². The van der Waals surface area contributed by atoms with E-state index >= 15 is 0 Å².